The Labute approximate surface area is 132 Å². The molecule has 2 aromatic heterocycles. The highest BCUT2D eigenvalue weighted by Crippen LogP contribution is 2.31. The van der Waals surface area contributed by atoms with Crippen LogP contribution in [0.2, 0.25) is 10.0 Å². The minimum Gasteiger partial charge on any atom is -0.396 e. The number of rotatable bonds is 4. The molecule has 0 saturated carbocycles. The van der Waals surface area contributed by atoms with Gasteiger partial charge in [-0.1, -0.05) is 23.2 Å². The van der Waals surface area contributed by atoms with E-state index in [1.54, 1.807) is 18.5 Å². The Morgan fingerprint density at radius 2 is 1.81 bits per heavy atom. The van der Waals surface area contributed by atoms with Gasteiger partial charge in [0, 0.05) is 31.1 Å². The van der Waals surface area contributed by atoms with E-state index in [4.69, 9.17) is 28.3 Å². The third-order valence-corrected chi connectivity index (χ3v) is 3.99. The smallest absolute Gasteiger partial charge is 0.141 e. The molecule has 0 atom stereocenters. The summed E-state index contributed by atoms with van der Waals surface area (Å²) < 4.78 is 2.04. The molecule has 0 aliphatic carbocycles. The number of imidazole rings is 1. The summed E-state index contributed by atoms with van der Waals surface area (Å²) in [5, 5.41) is 10.1. The predicted molar refractivity (Wildman–Crippen MR) is 84.7 cm³/mol. The van der Waals surface area contributed by atoms with Crippen molar-refractivity contribution >= 4 is 34.2 Å². The Kier molecular flexibility index (Phi) is 4.10. The molecule has 1 aromatic carbocycles. The molecular formula is C15H13Cl2N3O. The van der Waals surface area contributed by atoms with Gasteiger partial charge in [-0.3, -0.25) is 4.98 Å². The quantitative estimate of drug-likeness (QED) is 0.795. The number of aromatic nitrogens is 3. The highest BCUT2D eigenvalue weighted by Gasteiger charge is 2.14. The molecule has 108 valence electrons. The highest BCUT2D eigenvalue weighted by atomic mass is 35.5. The van der Waals surface area contributed by atoms with Crippen LogP contribution in [0.1, 0.15) is 6.42 Å². The molecule has 0 fully saturated rings. The van der Waals surface area contributed by atoms with Crippen molar-refractivity contribution in [1.29, 1.82) is 0 Å². The van der Waals surface area contributed by atoms with E-state index < -0.39 is 0 Å². The molecule has 21 heavy (non-hydrogen) atoms. The van der Waals surface area contributed by atoms with Crippen LogP contribution in [0.3, 0.4) is 0 Å². The van der Waals surface area contributed by atoms with Crippen molar-refractivity contribution < 1.29 is 5.11 Å². The number of hydrogen-bond donors (Lipinski definition) is 1. The van der Waals surface area contributed by atoms with Crippen LogP contribution in [0, 0.1) is 0 Å². The summed E-state index contributed by atoms with van der Waals surface area (Å²) in [6.07, 6.45) is 4.10. The normalized spacial score (nSPS) is 11.2. The molecule has 1 N–H and O–H groups in total. The first kappa shape index (κ1) is 14.3. The second kappa shape index (κ2) is 6.02. The summed E-state index contributed by atoms with van der Waals surface area (Å²) in [6, 6.07) is 7.38. The molecule has 2 heterocycles. The van der Waals surface area contributed by atoms with E-state index in [1.165, 1.54) is 0 Å². The topological polar surface area (TPSA) is 50.9 Å². The predicted octanol–water partition coefficient (Wildman–Crippen LogP) is 3.79. The zero-order chi connectivity index (χ0) is 14.8. The monoisotopic (exact) mass is 321 g/mol. The second-order valence-corrected chi connectivity index (χ2v) is 5.47. The lowest BCUT2D eigenvalue weighted by molar-refractivity contribution is 0.281. The Balaban J connectivity index is 2.22. The molecule has 0 amide bonds. The molecule has 0 unspecified atom stereocenters. The van der Waals surface area contributed by atoms with Gasteiger partial charge in [0.05, 0.1) is 21.1 Å². The maximum atomic E-state index is 9.11. The van der Waals surface area contributed by atoms with Crippen LogP contribution in [0.15, 0.2) is 36.7 Å². The van der Waals surface area contributed by atoms with Crippen molar-refractivity contribution in [3.8, 4) is 11.4 Å². The van der Waals surface area contributed by atoms with Gasteiger partial charge >= 0.3 is 0 Å². The van der Waals surface area contributed by atoms with E-state index in [0.29, 0.717) is 23.0 Å². The lowest BCUT2D eigenvalue weighted by Gasteiger charge is -2.08. The number of benzene rings is 1. The van der Waals surface area contributed by atoms with E-state index in [2.05, 4.69) is 9.97 Å². The summed E-state index contributed by atoms with van der Waals surface area (Å²) in [6.45, 7) is 0.777. The Hall–Kier alpha value is -1.62. The van der Waals surface area contributed by atoms with E-state index in [9.17, 15) is 0 Å². The van der Waals surface area contributed by atoms with Crippen molar-refractivity contribution in [2.45, 2.75) is 13.0 Å². The Morgan fingerprint density at radius 1 is 1.10 bits per heavy atom. The minimum absolute atomic E-state index is 0.122. The zero-order valence-electron chi connectivity index (χ0n) is 11.1. The molecule has 0 radical (unpaired) electrons. The second-order valence-electron chi connectivity index (χ2n) is 4.66. The molecule has 3 rings (SSSR count). The van der Waals surface area contributed by atoms with E-state index in [-0.39, 0.29) is 6.61 Å². The van der Waals surface area contributed by atoms with Gasteiger partial charge in [-0.2, -0.15) is 0 Å². The van der Waals surface area contributed by atoms with Crippen molar-refractivity contribution in [3.63, 3.8) is 0 Å². The average molecular weight is 322 g/mol. The first-order valence-corrected chi connectivity index (χ1v) is 7.33. The number of nitrogens with zero attached hydrogens (tertiary/aromatic N) is 3. The number of aryl methyl sites for hydroxylation is 1. The summed E-state index contributed by atoms with van der Waals surface area (Å²) in [7, 11) is 0. The van der Waals surface area contributed by atoms with Gasteiger partial charge in [0.1, 0.15) is 5.82 Å². The lowest BCUT2D eigenvalue weighted by Crippen LogP contribution is -2.02. The summed E-state index contributed by atoms with van der Waals surface area (Å²) in [5.41, 5.74) is 2.66. The number of fused-ring (bicyclic) bond motifs is 1. The van der Waals surface area contributed by atoms with Crippen molar-refractivity contribution in [2.75, 3.05) is 6.61 Å². The van der Waals surface area contributed by atoms with Gasteiger partial charge in [0.15, 0.2) is 0 Å². The SMILES string of the molecule is OCCCn1c(-c2ccncc2)nc2cc(Cl)c(Cl)cc21. The fourth-order valence-electron chi connectivity index (χ4n) is 2.30. The summed E-state index contributed by atoms with van der Waals surface area (Å²) in [4.78, 5) is 8.67. The van der Waals surface area contributed by atoms with Crippen LogP contribution in [-0.4, -0.2) is 26.2 Å². The summed E-state index contributed by atoms with van der Waals surface area (Å²) in [5.74, 6) is 0.819. The molecule has 0 aliphatic rings. The molecule has 0 aliphatic heterocycles. The maximum Gasteiger partial charge on any atom is 0.141 e. The number of hydrogen-bond acceptors (Lipinski definition) is 3. The first-order valence-electron chi connectivity index (χ1n) is 6.57. The van der Waals surface area contributed by atoms with Crippen LogP contribution in [0.5, 0.6) is 0 Å². The van der Waals surface area contributed by atoms with Gasteiger partial charge in [-0.25, -0.2) is 4.98 Å². The molecular weight excluding hydrogens is 309 g/mol. The fourth-order valence-corrected chi connectivity index (χ4v) is 2.61. The molecule has 6 heteroatoms. The third-order valence-electron chi connectivity index (χ3n) is 3.27. The van der Waals surface area contributed by atoms with Crippen LogP contribution in [0.4, 0.5) is 0 Å². The number of aliphatic hydroxyl groups is 1. The molecule has 4 nitrogen and oxygen atoms in total. The first-order chi connectivity index (χ1) is 10.2. The van der Waals surface area contributed by atoms with E-state index >= 15 is 0 Å². The van der Waals surface area contributed by atoms with Crippen molar-refractivity contribution in [3.05, 3.63) is 46.7 Å². The summed E-state index contributed by atoms with van der Waals surface area (Å²) >= 11 is 12.2. The molecule has 0 saturated heterocycles. The van der Waals surface area contributed by atoms with Crippen LogP contribution in [0.25, 0.3) is 22.4 Å². The van der Waals surface area contributed by atoms with Gasteiger partial charge in [0.2, 0.25) is 0 Å². The average Bonchev–Trinajstić information content (AvgIpc) is 2.84. The van der Waals surface area contributed by atoms with Gasteiger partial charge in [-0.15, -0.1) is 0 Å². The fraction of sp³-hybridized carbons (Fsp3) is 0.200. The molecule has 0 bridgehead atoms. The van der Waals surface area contributed by atoms with Crippen molar-refractivity contribution in [2.24, 2.45) is 0 Å². The van der Waals surface area contributed by atoms with E-state index in [0.717, 1.165) is 22.4 Å². The van der Waals surface area contributed by atoms with Gasteiger partial charge in [-0.05, 0) is 30.7 Å². The highest BCUT2D eigenvalue weighted by molar-refractivity contribution is 6.42. The molecule has 3 aromatic rings. The Morgan fingerprint density at radius 3 is 2.52 bits per heavy atom. The van der Waals surface area contributed by atoms with E-state index in [1.807, 2.05) is 22.8 Å². The largest absolute Gasteiger partial charge is 0.396 e. The zero-order valence-corrected chi connectivity index (χ0v) is 12.6. The standard InChI is InChI=1S/C15H13Cl2N3O/c16-11-8-13-14(9-12(11)17)20(6-1-7-21)15(19-13)10-2-4-18-5-3-10/h2-5,8-9,21H,1,6-7H2. The maximum absolute atomic E-state index is 9.11. The Bertz CT molecular complexity index is 771. The number of aliphatic hydroxyl groups excluding tert-OH is 1. The van der Waals surface area contributed by atoms with Gasteiger partial charge < -0.3 is 9.67 Å². The van der Waals surface area contributed by atoms with Crippen LogP contribution < -0.4 is 0 Å². The number of pyridine rings is 1. The van der Waals surface area contributed by atoms with Crippen LogP contribution >= 0.6 is 23.2 Å². The van der Waals surface area contributed by atoms with Crippen LogP contribution in [-0.2, 0) is 6.54 Å². The third kappa shape index (κ3) is 2.75. The number of halogens is 2. The van der Waals surface area contributed by atoms with Gasteiger partial charge in [0.25, 0.3) is 0 Å². The minimum atomic E-state index is 0.122. The van der Waals surface area contributed by atoms with Crippen molar-refractivity contribution in [1.82, 2.24) is 14.5 Å². The molecule has 0 spiro atoms. The lowest BCUT2D eigenvalue weighted by atomic mass is 10.2.